The van der Waals surface area contributed by atoms with E-state index in [1.807, 2.05) is 0 Å². The minimum absolute atomic E-state index is 0. The van der Waals surface area contributed by atoms with Gasteiger partial charge < -0.3 is 37.2 Å². The summed E-state index contributed by atoms with van der Waals surface area (Å²) in [6.07, 6.45) is 17.7. The summed E-state index contributed by atoms with van der Waals surface area (Å²) in [6, 6.07) is 11.2. The number of unbranched alkanes of at least 4 members (excludes halogenated alkanes) is 1. The third kappa shape index (κ3) is 9.70. The normalized spacial score (nSPS) is 16.9. The van der Waals surface area contributed by atoms with E-state index in [-0.39, 0.29) is 68.5 Å². The topological polar surface area (TPSA) is 0 Å². The molecule has 0 spiro atoms. The second-order valence-electron chi connectivity index (χ2n) is 7.46. The molecule has 5 heteroatoms. The molecule has 3 rings (SSSR count). The van der Waals surface area contributed by atoms with E-state index in [2.05, 4.69) is 43.3 Å². The van der Waals surface area contributed by atoms with Crippen LogP contribution in [0.25, 0.3) is 0 Å². The van der Waals surface area contributed by atoms with Crippen molar-refractivity contribution in [3.8, 4) is 0 Å². The van der Waals surface area contributed by atoms with Gasteiger partial charge >= 0.3 is 21.7 Å². The molecule has 0 nitrogen and oxygen atoms in total. The maximum absolute atomic E-state index is 3.87. The van der Waals surface area contributed by atoms with E-state index >= 15 is 0 Å². The van der Waals surface area contributed by atoms with E-state index in [4.69, 9.17) is 0 Å². The quantitative estimate of drug-likeness (QED) is 0.278. The maximum atomic E-state index is 3.87. The van der Waals surface area contributed by atoms with Gasteiger partial charge in [0.2, 0.25) is 0 Å². The Morgan fingerprint density at radius 2 is 1.67 bits per heavy atom. The zero-order valence-corrected chi connectivity index (χ0v) is 21.6. The summed E-state index contributed by atoms with van der Waals surface area (Å²) in [5, 5.41) is 3.38. The van der Waals surface area contributed by atoms with Gasteiger partial charge in [-0.2, -0.15) is 5.57 Å². The van der Waals surface area contributed by atoms with E-state index in [9.17, 15) is 0 Å². The van der Waals surface area contributed by atoms with Crippen LogP contribution < -0.4 is 42.4 Å². The van der Waals surface area contributed by atoms with Gasteiger partial charge in [-0.3, -0.25) is 0 Å². The van der Waals surface area contributed by atoms with Gasteiger partial charge in [-0.05, 0) is 21.9 Å². The number of hydrogen-bond acceptors (Lipinski definition) is 0. The van der Waals surface area contributed by atoms with Crippen LogP contribution in [0.1, 0.15) is 71.1 Å². The summed E-state index contributed by atoms with van der Waals surface area (Å²) in [5.41, 5.74) is 3.25. The molecular formula is C22H31Cl3SiTi. The smallest absolute Gasteiger partial charge is 1.00 e. The van der Waals surface area contributed by atoms with Gasteiger partial charge in [0, 0.05) is 0 Å². The molecule has 0 aliphatic heterocycles. The van der Waals surface area contributed by atoms with Crippen molar-refractivity contribution < 1.29 is 58.9 Å². The molecule has 0 radical (unpaired) electrons. The molecular weight excluding hydrogens is 447 g/mol. The summed E-state index contributed by atoms with van der Waals surface area (Å²) in [4.78, 5) is 0. The van der Waals surface area contributed by atoms with Crippen molar-refractivity contribution >= 4 is 14.7 Å². The van der Waals surface area contributed by atoms with E-state index in [1.54, 1.807) is 21.5 Å². The summed E-state index contributed by atoms with van der Waals surface area (Å²) in [7, 11) is -0.284. The zero-order valence-electron chi connectivity index (χ0n) is 16.4. The monoisotopic (exact) mass is 476 g/mol. The predicted molar refractivity (Wildman–Crippen MR) is 104 cm³/mol. The van der Waals surface area contributed by atoms with Crippen LogP contribution in [0.2, 0.25) is 0 Å². The van der Waals surface area contributed by atoms with Gasteiger partial charge in [0.25, 0.3) is 0 Å². The van der Waals surface area contributed by atoms with E-state index in [1.165, 1.54) is 64.2 Å². The number of hydrogen-bond donors (Lipinski definition) is 0. The van der Waals surface area contributed by atoms with Gasteiger partial charge in [0.1, 0.15) is 0 Å². The first-order chi connectivity index (χ1) is 11.3. The Hall–Kier alpha value is 0.501. The molecule has 0 aromatic heterocycles. The Balaban J connectivity index is 0. The summed E-state index contributed by atoms with van der Waals surface area (Å²) < 4.78 is 0. The average molecular weight is 478 g/mol. The molecule has 0 unspecified atom stereocenters. The third-order valence-electron chi connectivity index (χ3n) is 5.48. The SMILES string of the molecule is CCCCC1=C([SiH2]c2ccccc2)CC(CC2CCCCC2)=[C-]1.[Cl-].[Cl-].[Cl-].[Ti+4]. The van der Waals surface area contributed by atoms with Crippen molar-refractivity contribution in [2.45, 2.75) is 71.1 Å². The van der Waals surface area contributed by atoms with Crippen LogP contribution in [0.4, 0.5) is 0 Å². The van der Waals surface area contributed by atoms with Gasteiger partial charge in [-0.1, -0.05) is 100 Å². The Kier molecular flexibility index (Phi) is 17.9. The van der Waals surface area contributed by atoms with Gasteiger partial charge in [0.05, 0.1) is 0 Å². The first-order valence-corrected chi connectivity index (χ1v) is 11.1. The van der Waals surface area contributed by atoms with Crippen LogP contribution in [0.3, 0.4) is 0 Å². The summed E-state index contributed by atoms with van der Waals surface area (Å²) >= 11 is 0. The molecule has 27 heavy (non-hydrogen) atoms. The van der Waals surface area contributed by atoms with Crippen molar-refractivity contribution in [2.75, 3.05) is 0 Å². The molecule has 1 aromatic rings. The Morgan fingerprint density at radius 1 is 1.00 bits per heavy atom. The maximum Gasteiger partial charge on any atom is 4.00 e. The Morgan fingerprint density at radius 3 is 2.30 bits per heavy atom. The second-order valence-corrected chi connectivity index (χ2v) is 9.49. The van der Waals surface area contributed by atoms with Crippen LogP contribution in [-0.2, 0) is 21.7 Å². The van der Waals surface area contributed by atoms with E-state index in [0.717, 1.165) is 5.92 Å². The fourth-order valence-corrected chi connectivity index (χ4v) is 6.08. The molecule has 148 valence electrons. The minimum Gasteiger partial charge on any atom is -1.00 e. The molecule has 0 bridgehead atoms. The Labute approximate surface area is 202 Å². The minimum atomic E-state index is -0.284. The van der Waals surface area contributed by atoms with Crippen LogP contribution in [0, 0.1) is 12.0 Å². The van der Waals surface area contributed by atoms with Gasteiger partial charge in [-0.15, -0.1) is 0 Å². The zero-order chi connectivity index (χ0) is 15.9. The molecule has 0 N–H and O–H groups in total. The first kappa shape index (κ1) is 29.7. The molecule has 1 fully saturated rings. The second kappa shape index (κ2) is 16.3. The van der Waals surface area contributed by atoms with Crippen LogP contribution >= 0.6 is 0 Å². The van der Waals surface area contributed by atoms with E-state index < -0.39 is 0 Å². The van der Waals surface area contributed by atoms with Crippen LogP contribution in [0.5, 0.6) is 0 Å². The largest absolute Gasteiger partial charge is 4.00 e. The van der Waals surface area contributed by atoms with Crippen molar-refractivity contribution in [2.24, 2.45) is 5.92 Å². The molecule has 1 aromatic carbocycles. The van der Waals surface area contributed by atoms with Gasteiger partial charge in [-0.25, -0.2) is 16.8 Å². The summed E-state index contributed by atoms with van der Waals surface area (Å²) in [6.45, 7) is 2.30. The first-order valence-electron chi connectivity index (χ1n) is 9.71. The standard InChI is InChI=1S/C22H31Si.3ClH.Ti/c1-2-3-12-20-16-19(15-18-10-6-4-7-11-18)17-22(20)23-21-13-8-5-9-14-21;;;;/h5,8-9,13-14,18H,2-4,6-7,10-12,15,17,23H2,1H3;3*1H;/q-1;;;;+4/p-3. The molecule has 0 heterocycles. The molecule has 2 aliphatic rings. The number of halogens is 3. The summed E-state index contributed by atoms with van der Waals surface area (Å²) in [5.74, 6) is 0.955. The Bertz CT molecular complexity index is 566. The van der Waals surface area contributed by atoms with Crippen LogP contribution in [-0.4, -0.2) is 9.52 Å². The molecule has 0 saturated heterocycles. The average Bonchev–Trinajstić information content (AvgIpc) is 2.96. The third-order valence-corrected chi connectivity index (χ3v) is 7.46. The van der Waals surface area contributed by atoms with E-state index in [0.29, 0.717) is 0 Å². The van der Waals surface area contributed by atoms with Crippen molar-refractivity contribution in [1.82, 2.24) is 0 Å². The van der Waals surface area contributed by atoms with Gasteiger partial charge in [0.15, 0.2) is 0 Å². The fourth-order valence-electron chi connectivity index (χ4n) is 4.18. The number of rotatable bonds is 7. The van der Waals surface area contributed by atoms with Crippen molar-refractivity contribution in [1.29, 1.82) is 0 Å². The number of benzene rings is 1. The molecule has 1 saturated carbocycles. The van der Waals surface area contributed by atoms with Crippen LogP contribution in [0.15, 0.2) is 46.7 Å². The predicted octanol–water partition coefficient (Wildman–Crippen LogP) is -3.96. The fraction of sp³-hybridized carbons (Fsp3) is 0.545. The number of allylic oxidation sites excluding steroid dienone is 4. The molecule has 0 atom stereocenters. The molecule has 2 aliphatic carbocycles. The van der Waals surface area contributed by atoms with Crippen molar-refractivity contribution in [3.63, 3.8) is 0 Å². The molecule has 0 amide bonds. The van der Waals surface area contributed by atoms with Crippen molar-refractivity contribution in [3.05, 3.63) is 52.8 Å².